The van der Waals surface area contributed by atoms with Crippen molar-refractivity contribution in [2.45, 2.75) is 50.7 Å². The first-order chi connectivity index (χ1) is 11.9. The van der Waals surface area contributed by atoms with E-state index in [1.54, 1.807) is 29.2 Å². The first-order valence-corrected chi connectivity index (χ1v) is 9.00. The molecule has 1 fully saturated rings. The topological polar surface area (TPSA) is 89.9 Å². The monoisotopic (exact) mass is 368 g/mol. The van der Waals surface area contributed by atoms with Crippen LogP contribution in [0, 0.1) is 0 Å². The van der Waals surface area contributed by atoms with E-state index < -0.39 is 17.7 Å². The number of rotatable bonds is 6. The summed E-state index contributed by atoms with van der Waals surface area (Å²) in [5, 5.41) is 22.7. The van der Waals surface area contributed by atoms with Crippen LogP contribution in [-0.4, -0.2) is 46.2 Å². The van der Waals surface area contributed by atoms with Crippen molar-refractivity contribution in [3.05, 3.63) is 34.9 Å². The molecule has 1 heterocycles. The normalized spacial score (nSPS) is 17.8. The molecule has 2 amide bonds. The second kappa shape index (κ2) is 8.54. The Bertz CT molecular complexity index is 598. The predicted molar refractivity (Wildman–Crippen MR) is 95.6 cm³/mol. The Labute approximate surface area is 152 Å². The third-order valence-corrected chi connectivity index (χ3v) is 4.98. The lowest BCUT2D eigenvalue weighted by atomic mass is 9.84. The molecule has 1 saturated heterocycles. The molecule has 0 spiro atoms. The van der Waals surface area contributed by atoms with Gasteiger partial charge in [-0.2, -0.15) is 0 Å². The van der Waals surface area contributed by atoms with Gasteiger partial charge in [-0.25, -0.2) is 4.79 Å². The molecule has 138 valence electrons. The summed E-state index contributed by atoms with van der Waals surface area (Å²) in [7, 11) is 0. The lowest BCUT2D eigenvalue weighted by Crippen LogP contribution is -2.52. The van der Waals surface area contributed by atoms with Crippen molar-refractivity contribution in [3.8, 4) is 0 Å². The molecule has 25 heavy (non-hydrogen) atoms. The molecule has 0 aromatic heterocycles. The number of aliphatic hydroxyl groups is 1. The number of carbonyl (C=O) groups excluding carboxylic acids is 1. The van der Waals surface area contributed by atoms with Gasteiger partial charge in [0.15, 0.2) is 0 Å². The number of carboxylic acid groups (broad SMARTS) is 1. The van der Waals surface area contributed by atoms with Gasteiger partial charge < -0.3 is 20.4 Å². The van der Waals surface area contributed by atoms with Crippen LogP contribution >= 0.6 is 11.6 Å². The third-order valence-electron chi connectivity index (χ3n) is 4.73. The van der Waals surface area contributed by atoms with E-state index in [0.29, 0.717) is 37.4 Å². The highest BCUT2D eigenvalue weighted by Gasteiger charge is 2.37. The zero-order chi connectivity index (χ0) is 18.4. The summed E-state index contributed by atoms with van der Waals surface area (Å²) in [4.78, 5) is 25.2. The van der Waals surface area contributed by atoms with Crippen LogP contribution in [-0.2, 0) is 10.4 Å². The van der Waals surface area contributed by atoms with Crippen LogP contribution in [0.15, 0.2) is 24.3 Å². The van der Waals surface area contributed by atoms with E-state index in [0.717, 1.165) is 18.4 Å². The Morgan fingerprint density at radius 2 is 1.88 bits per heavy atom. The van der Waals surface area contributed by atoms with Gasteiger partial charge in [-0.15, -0.1) is 0 Å². The van der Waals surface area contributed by atoms with Crippen LogP contribution < -0.4 is 5.32 Å². The molecular weight excluding hydrogens is 344 g/mol. The number of unbranched alkanes of at least 4 members (excludes halogenated alkanes) is 1. The molecule has 1 unspecified atom stereocenters. The van der Waals surface area contributed by atoms with Crippen molar-refractivity contribution in [1.82, 2.24) is 10.2 Å². The van der Waals surface area contributed by atoms with Crippen LogP contribution in [0.5, 0.6) is 0 Å². The fourth-order valence-corrected chi connectivity index (χ4v) is 3.31. The molecule has 0 aliphatic carbocycles. The van der Waals surface area contributed by atoms with Gasteiger partial charge in [-0.3, -0.25) is 4.79 Å². The van der Waals surface area contributed by atoms with Crippen molar-refractivity contribution in [1.29, 1.82) is 0 Å². The molecule has 0 radical (unpaired) electrons. The zero-order valence-electron chi connectivity index (χ0n) is 14.4. The van der Waals surface area contributed by atoms with Crippen LogP contribution in [0.2, 0.25) is 5.02 Å². The highest BCUT2D eigenvalue weighted by molar-refractivity contribution is 6.30. The van der Waals surface area contributed by atoms with Gasteiger partial charge in [0.25, 0.3) is 0 Å². The summed E-state index contributed by atoms with van der Waals surface area (Å²) >= 11 is 5.89. The number of nitrogens with one attached hydrogen (secondary N) is 1. The Kier molecular flexibility index (Phi) is 6.67. The first-order valence-electron chi connectivity index (χ1n) is 8.62. The number of likely N-dealkylation sites (tertiary alicyclic amines) is 1. The molecule has 1 aliphatic rings. The zero-order valence-corrected chi connectivity index (χ0v) is 15.1. The van der Waals surface area contributed by atoms with Crippen LogP contribution in [0.3, 0.4) is 0 Å². The molecular formula is C18H25ClN2O4. The number of hydrogen-bond acceptors (Lipinski definition) is 3. The molecule has 1 aromatic carbocycles. The van der Waals surface area contributed by atoms with Crippen molar-refractivity contribution >= 4 is 23.6 Å². The van der Waals surface area contributed by atoms with Crippen LogP contribution in [0.25, 0.3) is 0 Å². The molecule has 1 aliphatic heterocycles. The average Bonchev–Trinajstić information content (AvgIpc) is 2.59. The quantitative estimate of drug-likeness (QED) is 0.720. The SMILES string of the molecule is CCCCC(NC(=O)O)C(=O)N1CCC(O)(c2ccc(Cl)cc2)CC1. The van der Waals surface area contributed by atoms with Gasteiger partial charge in [0.2, 0.25) is 5.91 Å². The Morgan fingerprint density at radius 1 is 1.28 bits per heavy atom. The van der Waals surface area contributed by atoms with E-state index in [9.17, 15) is 14.7 Å². The van der Waals surface area contributed by atoms with Crippen molar-refractivity contribution in [2.24, 2.45) is 0 Å². The van der Waals surface area contributed by atoms with Crippen LogP contribution in [0.1, 0.15) is 44.6 Å². The smallest absolute Gasteiger partial charge is 0.405 e. The Morgan fingerprint density at radius 3 is 2.40 bits per heavy atom. The van der Waals surface area contributed by atoms with E-state index in [-0.39, 0.29) is 5.91 Å². The summed E-state index contributed by atoms with van der Waals surface area (Å²) in [6.07, 6.45) is 1.78. The molecule has 3 N–H and O–H groups in total. The van der Waals surface area contributed by atoms with E-state index >= 15 is 0 Å². The summed E-state index contributed by atoms with van der Waals surface area (Å²) in [6.45, 7) is 2.78. The molecule has 2 rings (SSSR count). The predicted octanol–water partition coefficient (Wildman–Crippen LogP) is 2.98. The Hall–Kier alpha value is -1.79. The number of carbonyl (C=O) groups is 2. The maximum Gasteiger partial charge on any atom is 0.405 e. The lowest BCUT2D eigenvalue weighted by Gasteiger charge is -2.39. The minimum absolute atomic E-state index is 0.214. The van der Waals surface area contributed by atoms with E-state index in [2.05, 4.69) is 5.32 Å². The van der Waals surface area contributed by atoms with Crippen molar-refractivity contribution < 1.29 is 19.8 Å². The van der Waals surface area contributed by atoms with Gasteiger partial charge in [0, 0.05) is 18.1 Å². The number of piperidine rings is 1. The van der Waals surface area contributed by atoms with Crippen molar-refractivity contribution in [2.75, 3.05) is 13.1 Å². The number of benzene rings is 1. The van der Waals surface area contributed by atoms with Gasteiger partial charge in [-0.1, -0.05) is 43.5 Å². The standard InChI is InChI=1S/C18H25ClN2O4/c1-2-3-4-15(20-17(23)24)16(22)21-11-9-18(25,10-12-21)13-5-7-14(19)8-6-13/h5-8,15,20,25H,2-4,9-12H2,1H3,(H,23,24). The minimum Gasteiger partial charge on any atom is -0.465 e. The molecule has 0 bridgehead atoms. The second-order valence-corrected chi connectivity index (χ2v) is 6.94. The van der Waals surface area contributed by atoms with Gasteiger partial charge in [-0.05, 0) is 37.0 Å². The molecule has 1 aromatic rings. The van der Waals surface area contributed by atoms with Gasteiger partial charge in [0.05, 0.1) is 5.60 Å². The molecule has 0 saturated carbocycles. The third kappa shape index (κ3) is 5.09. The van der Waals surface area contributed by atoms with Crippen LogP contribution in [0.4, 0.5) is 4.79 Å². The summed E-state index contributed by atoms with van der Waals surface area (Å²) in [6, 6.07) is 6.36. The maximum atomic E-state index is 12.6. The second-order valence-electron chi connectivity index (χ2n) is 6.51. The van der Waals surface area contributed by atoms with Gasteiger partial charge >= 0.3 is 6.09 Å². The fraction of sp³-hybridized carbons (Fsp3) is 0.556. The summed E-state index contributed by atoms with van der Waals surface area (Å²) in [5.41, 5.74) is -0.198. The molecule has 7 heteroatoms. The summed E-state index contributed by atoms with van der Waals surface area (Å²) in [5.74, 6) is -0.214. The highest BCUT2D eigenvalue weighted by Crippen LogP contribution is 2.33. The number of nitrogens with zero attached hydrogens (tertiary/aromatic N) is 1. The maximum absolute atomic E-state index is 12.6. The van der Waals surface area contributed by atoms with E-state index in [4.69, 9.17) is 16.7 Å². The number of hydrogen-bond donors (Lipinski definition) is 3. The number of halogens is 1. The largest absolute Gasteiger partial charge is 0.465 e. The minimum atomic E-state index is -1.19. The fourth-order valence-electron chi connectivity index (χ4n) is 3.18. The average molecular weight is 369 g/mol. The number of amides is 2. The summed E-state index contributed by atoms with van der Waals surface area (Å²) < 4.78 is 0. The van der Waals surface area contributed by atoms with Gasteiger partial charge in [0.1, 0.15) is 6.04 Å². The highest BCUT2D eigenvalue weighted by atomic mass is 35.5. The van der Waals surface area contributed by atoms with Crippen molar-refractivity contribution in [3.63, 3.8) is 0 Å². The molecule has 6 nitrogen and oxygen atoms in total. The lowest BCUT2D eigenvalue weighted by molar-refractivity contribution is -0.138. The Balaban J connectivity index is 2.00. The van der Waals surface area contributed by atoms with E-state index in [1.807, 2.05) is 6.92 Å². The molecule has 1 atom stereocenters. The first kappa shape index (κ1) is 19.5. The van der Waals surface area contributed by atoms with E-state index in [1.165, 1.54) is 0 Å².